The lowest BCUT2D eigenvalue weighted by molar-refractivity contribution is -0.693. The van der Waals surface area contributed by atoms with Crippen molar-refractivity contribution in [3.63, 3.8) is 0 Å². The molecule has 1 aromatic heterocycles. The van der Waals surface area contributed by atoms with Gasteiger partial charge in [0, 0.05) is 18.1 Å². The van der Waals surface area contributed by atoms with Crippen molar-refractivity contribution in [3.8, 4) is 0 Å². The highest BCUT2D eigenvalue weighted by molar-refractivity contribution is 5.60. The highest BCUT2D eigenvalue weighted by Crippen LogP contribution is 1.98. The number of carboxylic acid groups (broad SMARTS) is 1. The molecule has 0 aromatic carbocycles. The number of rotatable bonds is 3. The van der Waals surface area contributed by atoms with Crippen LogP contribution in [0.3, 0.4) is 0 Å². The second-order valence-corrected chi connectivity index (χ2v) is 3.28. The zero-order chi connectivity index (χ0) is 11.7. The van der Waals surface area contributed by atoms with Crippen LogP contribution >= 0.6 is 0 Å². The van der Waals surface area contributed by atoms with E-state index in [1.807, 2.05) is 0 Å². The molecular weight excluding hydrogens is 190 g/mol. The highest BCUT2D eigenvalue weighted by atomic mass is 16.4. The van der Waals surface area contributed by atoms with Gasteiger partial charge in [0.25, 0.3) is 0 Å². The Kier molecular flexibility index (Phi) is 7.24. The van der Waals surface area contributed by atoms with E-state index in [-0.39, 0.29) is 0 Å². The minimum absolute atomic E-state index is 0.972. The molecule has 0 bridgehead atoms. The Morgan fingerprint density at radius 3 is 2.13 bits per heavy atom. The normalized spacial score (nSPS) is 9.00. The molecule has 0 aliphatic carbocycles. The SMILES string of the molecule is CC(=O)[O-].CCCc1cc[n+](CC)cc1. The van der Waals surface area contributed by atoms with E-state index >= 15 is 0 Å². The number of hydrogen-bond donors (Lipinski definition) is 0. The van der Waals surface area contributed by atoms with Gasteiger partial charge in [0.1, 0.15) is 6.54 Å². The molecule has 1 aromatic rings. The van der Waals surface area contributed by atoms with E-state index < -0.39 is 5.97 Å². The first-order valence-electron chi connectivity index (χ1n) is 5.25. The molecule has 0 unspecified atom stereocenters. The molecule has 0 aliphatic rings. The zero-order valence-corrected chi connectivity index (χ0v) is 9.69. The van der Waals surface area contributed by atoms with Crippen LogP contribution in [0.2, 0.25) is 0 Å². The maximum atomic E-state index is 8.89. The van der Waals surface area contributed by atoms with Gasteiger partial charge in [0.15, 0.2) is 12.4 Å². The second kappa shape index (κ2) is 7.97. The van der Waals surface area contributed by atoms with Crippen LogP contribution in [-0.4, -0.2) is 5.97 Å². The summed E-state index contributed by atoms with van der Waals surface area (Å²) in [6.45, 7) is 6.40. The smallest absolute Gasteiger partial charge is 0.169 e. The summed E-state index contributed by atoms with van der Waals surface area (Å²) in [5.41, 5.74) is 1.44. The number of carboxylic acids is 1. The van der Waals surface area contributed by atoms with E-state index in [2.05, 4.69) is 42.9 Å². The molecule has 3 nitrogen and oxygen atoms in total. The predicted octanol–water partition coefficient (Wildman–Crippen LogP) is 0.703. The molecule has 0 spiro atoms. The number of carbonyl (C=O) groups excluding carboxylic acids is 1. The number of pyridine rings is 1. The average molecular weight is 209 g/mol. The molecular formula is C12H19NO2. The van der Waals surface area contributed by atoms with Crippen LogP contribution < -0.4 is 9.67 Å². The van der Waals surface area contributed by atoms with Crippen molar-refractivity contribution in [2.45, 2.75) is 40.2 Å². The van der Waals surface area contributed by atoms with Gasteiger partial charge in [-0.2, -0.15) is 0 Å². The molecule has 0 amide bonds. The fourth-order valence-corrected chi connectivity index (χ4v) is 1.15. The third-order valence-corrected chi connectivity index (χ3v) is 1.86. The number of aryl methyl sites for hydroxylation is 2. The van der Waals surface area contributed by atoms with Gasteiger partial charge >= 0.3 is 0 Å². The summed E-state index contributed by atoms with van der Waals surface area (Å²) >= 11 is 0. The maximum Gasteiger partial charge on any atom is 0.169 e. The monoisotopic (exact) mass is 209 g/mol. The summed E-state index contributed by atoms with van der Waals surface area (Å²) in [4.78, 5) is 8.89. The van der Waals surface area contributed by atoms with Crippen LogP contribution in [0.15, 0.2) is 24.5 Å². The molecule has 0 aliphatic heterocycles. The maximum absolute atomic E-state index is 8.89. The standard InChI is InChI=1S/C10H16N.C2H4O2/c1-3-5-10-6-8-11(4-2)9-7-10;1-2(3)4/h6-9H,3-5H2,1-2H3;1H3,(H,3,4)/q+1;/p-1. The Morgan fingerprint density at radius 1 is 1.33 bits per heavy atom. The summed E-state index contributed by atoms with van der Waals surface area (Å²) in [6, 6.07) is 4.40. The van der Waals surface area contributed by atoms with Gasteiger partial charge in [-0.1, -0.05) is 13.3 Å². The van der Waals surface area contributed by atoms with Crippen molar-refractivity contribution in [1.82, 2.24) is 0 Å². The first-order chi connectivity index (χ1) is 7.10. The fourth-order valence-electron chi connectivity index (χ4n) is 1.15. The summed E-state index contributed by atoms with van der Waals surface area (Å²) in [7, 11) is 0. The molecule has 0 N–H and O–H groups in total. The van der Waals surface area contributed by atoms with Crippen LogP contribution in [0.4, 0.5) is 0 Å². The molecule has 0 atom stereocenters. The van der Waals surface area contributed by atoms with Gasteiger partial charge in [-0.3, -0.25) is 0 Å². The number of aliphatic carboxylic acids is 1. The van der Waals surface area contributed by atoms with Gasteiger partial charge in [0.05, 0.1) is 0 Å². The molecule has 1 heterocycles. The van der Waals surface area contributed by atoms with Gasteiger partial charge in [-0.05, 0) is 25.8 Å². The quantitative estimate of drug-likeness (QED) is 0.688. The number of nitrogens with zero attached hydrogens (tertiary/aromatic N) is 1. The third-order valence-electron chi connectivity index (χ3n) is 1.86. The van der Waals surface area contributed by atoms with Gasteiger partial charge in [-0.15, -0.1) is 0 Å². The molecule has 84 valence electrons. The van der Waals surface area contributed by atoms with Crippen molar-refractivity contribution in [2.24, 2.45) is 0 Å². The van der Waals surface area contributed by atoms with Crippen molar-refractivity contribution < 1.29 is 14.5 Å². The molecule has 0 saturated heterocycles. The van der Waals surface area contributed by atoms with Crippen LogP contribution in [0.25, 0.3) is 0 Å². The summed E-state index contributed by atoms with van der Waals surface area (Å²) in [5.74, 6) is -1.08. The molecule has 0 radical (unpaired) electrons. The van der Waals surface area contributed by atoms with Crippen LogP contribution in [0.1, 0.15) is 32.8 Å². The Hall–Kier alpha value is -1.38. The molecule has 0 saturated carbocycles. The van der Waals surface area contributed by atoms with Crippen molar-refractivity contribution in [1.29, 1.82) is 0 Å². The third kappa shape index (κ3) is 7.67. The fraction of sp³-hybridized carbons (Fsp3) is 0.500. The minimum atomic E-state index is -1.08. The Morgan fingerprint density at radius 2 is 1.80 bits per heavy atom. The van der Waals surface area contributed by atoms with E-state index in [0.29, 0.717) is 0 Å². The van der Waals surface area contributed by atoms with Crippen molar-refractivity contribution in [3.05, 3.63) is 30.1 Å². The predicted molar refractivity (Wildman–Crippen MR) is 57.0 cm³/mol. The molecule has 1 rings (SSSR count). The lowest BCUT2D eigenvalue weighted by Crippen LogP contribution is -2.30. The first kappa shape index (κ1) is 13.6. The van der Waals surface area contributed by atoms with E-state index in [1.54, 1.807) is 0 Å². The van der Waals surface area contributed by atoms with Gasteiger partial charge in [-0.25, -0.2) is 4.57 Å². The summed E-state index contributed by atoms with van der Waals surface area (Å²) in [6.07, 6.45) is 6.72. The lowest BCUT2D eigenvalue weighted by Gasteiger charge is -1.95. The van der Waals surface area contributed by atoms with Crippen molar-refractivity contribution in [2.75, 3.05) is 0 Å². The summed E-state index contributed by atoms with van der Waals surface area (Å²) in [5, 5.41) is 8.89. The topological polar surface area (TPSA) is 44.0 Å². The molecule has 0 fully saturated rings. The van der Waals surface area contributed by atoms with Gasteiger partial charge in [0.2, 0.25) is 0 Å². The number of hydrogen-bond acceptors (Lipinski definition) is 2. The second-order valence-electron chi connectivity index (χ2n) is 3.28. The molecule has 3 heteroatoms. The van der Waals surface area contributed by atoms with E-state index in [0.717, 1.165) is 13.5 Å². The van der Waals surface area contributed by atoms with Crippen LogP contribution in [-0.2, 0) is 17.8 Å². The first-order valence-corrected chi connectivity index (χ1v) is 5.25. The number of carbonyl (C=O) groups is 1. The Bertz CT molecular complexity index is 276. The Balaban J connectivity index is 0.000000423. The minimum Gasteiger partial charge on any atom is -0.550 e. The Labute approximate surface area is 91.4 Å². The average Bonchev–Trinajstić information content (AvgIpc) is 2.19. The van der Waals surface area contributed by atoms with Gasteiger partial charge < -0.3 is 9.90 Å². The van der Waals surface area contributed by atoms with Crippen LogP contribution in [0.5, 0.6) is 0 Å². The lowest BCUT2D eigenvalue weighted by atomic mass is 10.2. The largest absolute Gasteiger partial charge is 0.550 e. The molecule has 15 heavy (non-hydrogen) atoms. The summed E-state index contributed by atoms with van der Waals surface area (Å²) < 4.78 is 2.18. The zero-order valence-electron chi connectivity index (χ0n) is 9.69. The van der Waals surface area contributed by atoms with E-state index in [1.165, 1.54) is 18.4 Å². The van der Waals surface area contributed by atoms with Crippen molar-refractivity contribution >= 4 is 5.97 Å². The van der Waals surface area contributed by atoms with E-state index in [9.17, 15) is 0 Å². The highest BCUT2D eigenvalue weighted by Gasteiger charge is 1.95. The van der Waals surface area contributed by atoms with E-state index in [4.69, 9.17) is 9.90 Å². The number of aromatic nitrogens is 1. The van der Waals surface area contributed by atoms with Crippen LogP contribution in [0, 0.1) is 0 Å².